The summed E-state index contributed by atoms with van der Waals surface area (Å²) >= 11 is 6.27. The molecule has 0 aliphatic carbocycles. The van der Waals surface area contributed by atoms with Gasteiger partial charge in [-0.2, -0.15) is 13.5 Å². The Kier molecular flexibility index (Phi) is 6.15. The van der Waals surface area contributed by atoms with E-state index >= 15 is 0 Å². The number of aryl methyl sites for hydroxylation is 1. The zero-order valence-electron chi connectivity index (χ0n) is 15.1. The molecule has 0 saturated heterocycles. The van der Waals surface area contributed by atoms with Gasteiger partial charge in [0.25, 0.3) is 10.0 Å². The van der Waals surface area contributed by atoms with Gasteiger partial charge in [0.2, 0.25) is 0 Å². The molecule has 0 amide bonds. The van der Waals surface area contributed by atoms with Crippen LogP contribution in [0.1, 0.15) is 22.3 Å². The van der Waals surface area contributed by atoms with E-state index in [1.165, 1.54) is 18.3 Å². The number of nitrogens with zero attached hydrogens (tertiary/aromatic N) is 1. The van der Waals surface area contributed by atoms with Gasteiger partial charge in [-0.15, -0.1) is 0 Å². The first-order valence-electron chi connectivity index (χ1n) is 8.43. The molecule has 0 atom stereocenters. The van der Waals surface area contributed by atoms with Crippen molar-refractivity contribution in [2.24, 2.45) is 5.10 Å². The molecule has 0 aromatic heterocycles. The summed E-state index contributed by atoms with van der Waals surface area (Å²) in [5.74, 6) is 6.08. The van der Waals surface area contributed by atoms with Gasteiger partial charge in [-0.25, -0.2) is 4.83 Å². The molecule has 6 heteroatoms. The molecule has 0 heterocycles. The molecule has 4 nitrogen and oxygen atoms in total. The second-order valence-corrected chi connectivity index (χ2v) is 8.05. The van der Waals surface area contributed by atoms with E-state index in [0.717, 1.165) is 11.1 Å². The van der Waals surface area contributed by atoms with Gasteiger partial charge in [-0.1, -0.05) is 71.5 Å². The molecule has 3 rings (SSSR count). The first-order chi connectivity index (χ1) is 13.5. The Morgan fingerprint density at radius 1 is 0.929 bits per heavy atom. The van der Waals surface area contributed by atoms with Crippen LogP contribution in [0, 0.1) is 18.8 Å². The predicted molar refractivity (Wildman–Crippen MR) is 113 cm³/mol. The minimum absolute atomic E-state index is 0.144. The summed E-state index contributed by atoms with van der Waals surface area (Å²) in [5, 5.41) is 4.35. The summed E-state index contributed by atoms with van der Waals surface area (Å²) in [6.07, 6.45) is 1.40. The lowest BCUT2D eigenvalue weighted by Crippen LogP contribution is -2.18. The molecular formula is C22H17ClN2O2S. The average Bonchev–Trinajstić information content (AvgIpc) is 2.68. The van der Waals surface area contributed by atoms with Crippen molar-refractivity contribution in [3.63, 3.8) is 0 Å². The standard InChI is InChI=1S/C22H17ClN2O2S/c1-17-10-13-20(14-11-17)28(26,27)25-24-16-19-8-5-9-22(23)21(19)15-12-18-6-3-2-4-7-18/h2-11,13-14,16,25H,1H3/b24-16+. The lowest BCUT2D eigenvalue weighted by Gasteiger charge is -2.04. The fourth-order valence-electron chi connectivity index (χ4n) is 2.37. The minimum atomic E-state index is -3.74. The Labute approximate surface area is 169 Å². The molecule has 28 heavy (non-hydrogen) atoms. The molecular weight excluding hydrogens is 392 g/mol. The van der Waals surface area contributed by atoms with Crippen molar-refractivity contribution in [2.45, 2.75) is 11.8 Å². The third-order valence-corrected chi connectivity index (χ3v) is 5.41. The van der Waals surface area contributed by atoms with E-state index in [4.69, 9.17) is 11.6 Å². The zero-order chi connectivity index (χ0) is 20.0. The van der Waals surface area contributed by atoms with E-state index < -0.39 is 10.0 Å². The fraction of sp³-hybridized carbons (Fsp3) is 0.0455. The third-order valence-electron chi connectivity index (χ3n) is 3.86. The summed E-state index contributed by atoms with van der Waals surface area (Å²) < 4.78 is 24.6. The number of hydrazone groups is 1. The van der Waals surface area contributed by atoms with Crippen molar-refractivity contribution in [3.8, 4) is 11.8 Å². The van der Waals surface area contributed by atoms with Crippen molar-refractivity contribution >= 4 is 27.8 Å². The Bertz CT molecular complexity index is 1160. The van der Waals surface area contributed by atoms with Gasteiger partial charge >= 0.3 is 0 Å². The Morgan fingerprint density at radius 2 is 1.64 bits per heavy atom. The monoisotopic (exact) mass is 408 g/mol. The van der Waals surface area contributed by atoms with Crippen molar-refractivity contribution in [3.05, 3.63) is 100 Å². The van der Waals surface area contributed by atoms with Crippen LogP contribution in [0.25, 0.3) is 0 Å². The van der Waals surface area contributed by atoms with E-state index in [-0.39, 0.29) is 4.90 Å². The molecule has 0 aliphatic heterocycles. The predicted octanol–water partition coefficient (Wildman–Crippen LogP) is 4.36. The fourth-order valence-corrected chi connectivity index (χ4v) is 3.39. The number of sulfonamides is 1. The summed E-state index contributed by atoms with van der Waals surface area (Å²) in [4.78, 5) is 2.36. The van der Waals surface area contributed by atoms with Crippen LogP contribution in [-0.2, 0) is 10.0 Å². The number of nitrogens with one attached hydrogen (secondary N) is 1. The molecule has 0 saturated carbocycles. The van der Waals surface area contributed by atoms with Crippen LogP contribution in [0.5, 0.6) is 0 Å². The van der Waals surface area contributed by atoms with Crippen molar-refractivity contribution in [2.75, 3.05) is 0 Å². The highest BCUT2D eigenvalue weighted by molar-refractivity contribution is 7.89. The highest BCUT2D eigenvalue weighted by atomic mass is 35.5. The zero-order valence-corrected chi connectivity index (χ0v) is 16.6. The van der Waals surface area contributed by atoms with Crippen LogP contribution in [0.15, 0.2) is 82.8 Å². The quantitative estimate of drug-likeness (QED) is 0.396. The topological polar surface area (TPSA) is 58.5 Å². The Balaban J connectivity index is 1.84. The van der Waals surface area contributed by atoms with Crippen molar-refractivity contribution in [1.29, 1.82) is 0 Å². The highest BCUT2D eigenvalue weighted by Crippen LogP contribution is 2.18. The molecule has 0 bridgehead atoms. The maximum atomic E-state index is 12.3. The Hall–Kier alpha value is -3.07. The number of benzene rings is 3. The number of halogens is 1. The van der Waals surface area contributed by atoms with E-state index in [0.29, 0.717) is 16.1 Å². The van der Waals surface area contributed by atoms with E-state index in [9.17, 15) is 8.42 Å². The second kappa shape index (κ2) is 8.75. The molecule has 3 aromatic carbocycles. The minimum Gasteiger partial charge on any atom is -0.200 e. The first kappa shape index (κ1) is 19.7. The maximum absolute atomic E-state index is 12.3. The molecule has 0 unspecified atom stereocenters. The third kappa shape index (κ3) is 5.01. The van der Waals surface area contributed by atoms with Crippen LogP contribution in [-0.4, -0.2) is 14.6 Å². The average molecular weight is 409 g/mol. The number of rotatable bonds is 4. The van der Waals surface area contributed by atoms with E-state index in [1.54, 1.807) is 30.3 Å². The van der Waals surface area contributed by atoms with Crippen molar-refractivity contribution in [1.82, 2.24) is 4.83 Å². The van der Waals surface area contributed by atoms with Gasteiger partial charge in [0, 0.05) is 11.1 Å². The van der Waals surface area contributed by atoms with Crippen LogP contribution in [0.3, 0.4) is 0 Å². The lowest BCUT2D eigenvalue weighted by molar-refractivity contribution is 0.584. The van der Waals surface area contributed by atoms with Gasteiger partial charge in [0.1, 0.15) is 0 Å². The highest BCUT2D eigenvalue weighted by Gasteiger charge is 2.12. The largest absolute Gasteiger partial charge is 0.276 e. The van der Waals surface area contributed by atoms with Gasteiger partial charge in [-0.3, -0.25) is 0 Å². The first-order valence-corrected chi connectivity index (χ1v) is 10.3. The summed E-state index contributed by atoms with van der Waals surface area (Å²) in [6.45, 7) is 1.89. The molecule has 0 radical (unpaired) electrons. The Morgan fingerprint density at radius 3 is 2.36 bits per heavy atom. The van der Waals surface area contributed by atoms with Crippen molar-refractivity contribution < 1.29 is 8.42 Å². The van der Waals surface area contributed by atoms with Gasteiger partial charge < -0.3 is 0 Å². The molecule has 0 fully saturated rings. The molecule has 1 N–H and O–H groups in total. The molecule has 0 spiro atoms. The number of hydrogen-bond acceptors (Lipinski definition) is 3. The number of hydrogen-bond donors (Lipinski definition) is 1. The molecule has 0 aliphatic rings. The van der Waals surface area contributed by atoms with Crippen LogP contribution in [0.4, 0.5) is 0 Å². The second-order valence-electron chi connectivity index (χ2n) is 5.99. The van der Waals surface area contributed by atoms with E-state index in [1.807, 2.05) is 37.3 Å². The van der Waals surface area contributed by atoms with Gasteiger partial charge in [-0.05, 0) is 37.3 Å². The summed E-state index contributed by atoms with van der Waals surface area (Å²) in [6, 6.07) is 21.3. The SMILES string of the molecule is Cc1ccc(S(=O)(=O)N/N=C/c2cccc(Cl)c2C#Cc2ccccc2)cc1. The normalized spacial score (nSPS) is 11.1. The van der Waals surface area contributed by atoms with Gasteiger partial charge in [0.15, 0.2) is 0 Å². The molecule has 3 aromatic rings. The van der Waals surface area contributed by atoms with Crippen LogP contribution >= 0.6 is 11.6 Å². The maximum Gasteiger partial charge on any atom is 0.276 e. The smallest absolute Gasteiger partial charge is 0.200 e. The lowest BCUT2D eigenvalue weighted by atomic mass is 10.1. The summed E-state index contributed by atoms with van der Waals surface area (Å²) in [7, 11) is -3.74. The molecule has 140 valence electrons. The summed E-state index contributed by atoms with van der Waals surface area (Å²) in [5.41, 5.74) is 3.02. The van der Waals surface area contributed by atoms with Gasteiger partial charge in [0.05, 0.1) is 21.7 Å². The van der Waals surface area contributed by atoms with Crippen LogP contribution < -0.4 is 4.83 Å². The van der Waals surface area contributed by atoms with E-state index in [2.05, 4.69) is 21.8 Å². The van der Waals surface area contributed by atoms with Crippen LogP contribution in [0.2, 0.25) is 5.02 Å².